The minimum absolute atomic E-state index is 1.23. The Hall–Kier alpha value is 0.690. The monoisotopic (exact) mass is 325 g/mol. The highest BCUT2D eigenvalue weighted by Gasteiger charge is 1.91. The summed E-state index contributed by atoms with van der Waals surface area (Å²) in [6, 6.07) is 0. The summed E-state index contributed by atoms with van der Waals surface area (Å²) >= 11 is 2.46. The molecule has 0 amide bonds. The second-order valence-electron chi connectivity index (χ2n) is 4.27. The molecule has 0 rings (SSSR count). The zero-order valence-corrected chi connectivity index (χ0v) is 12.5. The lowest BCUT2D eigenvalue weighted by molar-refractivity contribution is 0.558. The molecule has 0 bridgehead atoms. The molecule has 0 saturated carbocycles. The number of halogens is 1. The van der Waals surface area contributed by atoms with E-state index in [2.05, 4.69) is 34.8 Å². The average Bonchev–Trinajstić information content (AvgIpc) is 2.26. The molecule has 0 aromatic rings. The van der Waals surface area contributed by atoms with Gasteiger partial charge >= 0.3 is 0 Å². The van der Waals surface area contributed by atoms with E-state index in [0.717, 1.165) is 0 Å². The van der Waals surface area contributed by atoms with Crippen LogP contribution < -0.4 is 5.32 Å². The van der Waals surface area contributed by atoms with Gasteiger partial charge in [0.05, 0.1) is 0 Å². The van der Waals surface area contributed by atoms with Gasteiger partial charge in [0, 0.05) is 0 Å². The van der Waals surface area contributed by atoms with Gasteiger partial charge in [0.1, 0.15) is 0 Å². The van der Waals surface area contributed by atoms with Gasteiger partial charge in [0.15, 0.2) is 0 Å². The zero-order valence-electron chi connectivity index (χ0n) is 10.4. The molecule has 0 saturated heterocycles. The average molecular weight is 325 g/mol. The predicted molar refractivity (Wildman–Crippen MR) is 79.0 cm³/mol. The maximum absolute atomic E-state index is 3.54. The zero-order chi connectivity index (χ0) is 11.2. The Morgan fingerprint density at radius 1 is 0.733 bits per heavy atom. The molecule has 1 nitrogen and oxygen atoms in total. The van der Waals surface area contributed by atoms with Crippen LogP contribution in [0.15, 0.2) is 0 Å². The smallest absolute Gasteiger partial charge is 0.000473 e. The summed E-state index contributed by atoms with van der Waals surface area (Å²) < 4.78 is 1.32. The third kappa shape index (κ3) is 14.7. The van der Waals surface area contributed by atoms with Crippen molar-refractivity contribution in [3.05, 3.63) is 0 Å². The van der Waals surface area contributed by atoms with Crippen molar-refractivity contribution in [2.24, 2.45) is 0 Å². The molecule has 0 spiro atoms. The summed E-state index contributed by atoms with van der Waals surface area (Å²) in [6.45, 7) is 4.74. The highest BCUT2D eigenvalue weighted by molar-refractivity contribution is 14.1. The summed E-state index contributed by atoms with van der Waals surface area (Å²) in [7, 11) is 0. The largest absolute Gasteiger partial charge is 0.317 e. The van der Waals surface area contributed by atoms with E-state index in [1.54, 1.807) is 0 Å². The molecule has 15 heavy (non-hydrogen) atoms. The maximum atomic E-state index is 3.54. The molecule has 0 aromatic heterocycles. The van der Waals surface area contributed by atoms with Gasteiger partial charge in [0.25, 0.3) is 0 Å². The maximum Gasteiger partial charge on any atom is -0.000473 e. The minimum atomic E-state index is 1.23. The van der Waals surface area contributed by atoms with Crippen LogP contribution in [0, 0.1) is 0 Å². The Kier molecular flexibility index (Phi) is 15.4. The van der Waals surface area contributed by atoms with Crippen molar-refractivity contribution in [3.8, 4) is 0 Å². The van der Waals surface area contributed by atoms with Crippen molar-refractivity contribution in [3.63, 3.8) is 0 Å². The lowest BCUT2D eigenvalue weighted by Crippen LogP contribution is -2.16. The SMILES string of the molecule is CCCCCCCNCCCCCCI. The van der Waals surface area contributed by atoms with Crippen molar-refractivity contribution >= 4 is 22.6 Å². The summed E-state index contributed by atoms with van der Waals surface area (Å²) in [4.78, 5) is 0. The fourth-order valence-corrected chi connectivity index (χ4v) is 2.22. The van der Waals surface area contributed by atoms with Gasteiger partial charge in [-0.05, 0) is 36.8 Å². The molecule has 2 heteroatoms. The molecule has 92 valence electrons. The Morgan fingerprint density at radius 2 is 1.27 bits per heavy atom. The van der Waals surface area contributed by atoms with Crippen molar-refractivity contribution in [1.29, 1.82) is 0 Å². The number of alkyl halides is 1. The molecule has 0 aromatic carbocycles. The van der Waals surface area contributed by atoms with Gasteiger partial charge in [-0.2, -0.15) is 0 Å². The van der Waals surface area contributed by atoms with Crippen LogP contribution in [-0.2, 0) is 0 Å². The van der Waals surface area contributed by atoms with E-state index in [0.29, 0.717) is 0 Å². The molecule has 0 radical (unpaired) electrons. The second kappa shape index (κ2) is 14.7. The molecule has 0 heterocycles. The van der Waals surface area contributed by atoms with E-state index in [1.165, 1.54) is 75.3 Å². The lowest BCUT2D eigenvalue weighted by atomic mass is 10.1. The predicted octanol–water partition coefficient (Wildman–Crippen LogP) is 4.54. The van der Waals surface area contributed by atoms with Crippen molar-refractivity contribution in [2.75, 3.05) is 17.5 Å². The van der Waals surface area contributed by atoms with Gasteiger partial charge < -0.3 is 5.32 Å². The van der Waals surface area contributed by atoms with Crippen LogP contribution >= 0.6 is 22.6 Å². The highest BCUT2D eigenvalue weighted by atomic mass is 127. The molecule has 0 aliphatic rings. The van der Waals surface area contributed by atoms with Crippen LogP contribution in [-0.4, -0.2) is 17.5 Å². The van der Waals surface area contributed by atoms with Gasteiger partial charge in [-0.3, -0.25) is 0 Å². The first-order chi connectivity index (χ1) is 7.41. The topological polar surface area (TPSA) is 12.0 Å². The van der Waals surface area contributed by atoms with Crippen molar-refractivity contribution < 1.29 is 0 Å². The van der Waals surface area contributed by atoms with Crippen LogP contribution in [0.25, 0.3) is 0 Å². The Bertz CT molecular complexity index is 94.7. The molecular formula is C13H28IN. The number of rotatable bonds is 12. The summed E-state index contributed by atoms with van der Waals surface area (Å²) in [6.07, 6.45) is 12.6. The van der Waals surface area contributed by atoms with E-state index < -0.39 is 0 Å². The number of hydrogen-bond donors (Lipinski definition) is 1. The third-order valence-corrected chi connectivity index (χ3v) is 3.46. The summed E-state index contributed by atoms with van der Waals surface area (Å²) in [5.74, 6) is 0. The van der Waals surface area contributed by atoms with E-state index in [4.69, 9.17) is 0 Å². The van der Waals surface area contributed by atoms with Crippen LogP contribution in [0.1, 0.15) is 64.7 Å². The van der Waals surface area contributed by atoms with E-state index in [-0.39, 0.29) is 0 Å². The molecule has 0 aliphatic heterocycles. The quantitative estimate of drug-likeness (QED) is 0.315. The Balaban J connectivity index is 2.81. The Labute approximate surface area is 110 Å². The van der Waals surface area contributed by atoms with Gasteiger partial charge in [0.2, 0.25) is 0 Å². The molecule has 0 unspecified atom stereocenters. The first-order valence-electron chi connectivity index (χ1n) is 6.68. The highest BCUT2D eigenvalue weighted by Crippen LogP contribution is 2.02. The molecule has 0 atom stereocenters. The van der Waals surface area contributed by atoms with E-state index in [9.17, 15) is 0 Å². The third-order valence-electron chi connectivity index (χ3n) is 2.69. The van der Waals surface area contributed by atoms with Gasteiger partial charge in [-0.25, -0.2) is 0 Å². The number of nitrogens with one attached hydrogen (secondary N) is 1. The van der Waals surface area contributed by atoms with Crippen LogP contribution in [0.3, 0.4) is 0 Å². The standard InChI is InChI=1S/C13H28IN/c1-2-3-4-6-9-12-15-13-10-7-5-8-11-14/h15H,2-13H2,1H3. The van der Waals surface area contributed by atoms with E-state index >= 15 is 0 Å². The number of hydrogen-bond acceptors (Lipinski definition) is 1. The lowest BCUT2D eigenvalue weighted by Gasteiger charge is -2.04. The van der Waals surface area contributed by atoms with E-state index in [1.807, 2.05) is 0 Å². The molecule has 1 N–H and O–H groups in total. The molecular weight excluding hydrogens is 297 g/mol. The van der Waals surface area contributed by atoms with Crippen molar-refractivity contribution in [1.82, 2.24) is 5.32 Å². The van der Waals surface area contributed by atoms with Gasteiger partial charge in [-0.15, -0.1) is 0 Å². The van der Waals surface area contributed by atoms with Crippen LogP contribution in [0.5, 0.6) is 0 Å². The van der Waals surface area contributed by atoms with Gasteiger partial charge in [-0.1, -0.05) is 68.0 Å². The van der Waals surface area contributed by atoms with Crippen LogP contribution in [0.2, 0.25) is 0 Å². The first kappa shape index (κ1) is 15.7. The molecule has 0 fully saturated rings. The summed E-state index contributed by atoms with van der Waals surface area (Å²) in [5.41, 5.74) is 0. The van der Waals surface area contributed by atoms with Crippen LogP contribution in [0.4, 0.5) is 0 Å². The normalized spacial score (nSPS) is 10.8. The Morgan fingerprint density at radius 3 is 1.80 bits per heavy atom. The fraction of sp³-hybridized carbons (Fsp3) is 1.00. The van der Waals surface area contributed by atoms with Crippen molar-refractivity contribution in [2.45, 2.75) is 64.7 Å². The number of unbranched alkanes of at least 4 members (excludes halogenated alkanes) is 7. The second-order valence-corrected chi connectivity index (χ2v) is 5.35. The first-order valence-corrected chi connectivity index (χ1v) is 8.21. The molecule has 0 aliphatic carbocycles. The summed E-state index contributed by atoms with van der Waals surface area (Å²) in [5, 5.41) is 3.54. The fourth-order valence-electron chi connectivity index (χ4n) is 1.68. The minimum Gasteiger partial charge on any atom is -0.317 e.